The van der Waals surface area contributed by atoms with Crippen molar-refractivity contribution in [1.82, 2.24) is 4.98 Å². The Labute approximate surface area is 159 Å². The zero-order valence-corrected chi connectivity index (χ0v) is 16.0. The van der Waals surface area contributed by atoms with Gasteiger partial charge in [-0.1, -0.05) is 18.2 Å². The van der Waals surface area contributed by atoms with Crippen LogP contribution in [0.15, 0.2) is 47.5 Å². The van der Waals surface area contributed by atoms with Crippen molar-refractivity contribution in [3.63, 3.8) is 0 Å². The highest BCUT2D eigenvalue weighted by atomic mass is 32.2. The van der Waals surface area contributed by atoms with Crippen LogP contribution in [0.1, 0.15) is 18.4 Å². The van der Waals surface area contributed by atoms with Gasteiger partial charge in [0, 0.05) is 25.9 Å². The standard InChI is InChI=1S/C19H23N3O4S/c1-15-4-2-3-5-17(15)27(23,24)21-16-6-7-18(20-14-16)22-10-8-19(9-11-22)25-12-13-26-19/h2-7,14,21H,8-13H2,1H3. The van der Waals surface area contributed by atoms with Gasteiger partial charge < -0.3 is 14.4 Å². The summed E-state index contributed by atoms with van der Waals surface area (Å²) in [5, 5.41) is 0. The molecule has 0 atom stereocenters. The zero-order chi connectivity index (χ0) is 18.9. The van der Waals surface area contributed by atoms with E-state index in [9.17, 15) is 8.42 Å². The van der Waals surface area contributed by atoms with Gasteiger partial charge in [-0.2, -0.15) is 0 Å². The van der Waals surface area contributed by atoms with Gasteiger partial charge >= 0.3 is 0 Å². The summed E-state index contributed by atoms with van der Waals surface area (Å²) in [5.74, 6) is 0.404. The number of sulfonamides is 1. The predicted molar refractivity (Wildman–Crippen MR) is 102 cm³/mol. The summed E-state index contributed by atoms with van der Waals surface area (Å²) < 4.78 is 39.2. The molecule has 1 spiro atoms. The molecule has 0 aliphatic carbocycles. The van der Waals surface area contributed by atoms with Crippen LogP contribution in [-0.4, -0.2) is 45.5 Å². The van der Waals surface area contributed by atoms with Crippen molar-refractivity contribution in [2.45, 2.75) is 30.4 Å². The third kappa shape index (κ3) is 3.78. The maximum Gasteiger partial charge on any atom is 0.262 e. The van der Waals surface area contributed by atoms with E-state index in [0.717, 1.165) is 31.7 Å². The highest BCUT2D eigenvalue weighted by Gasteiger charge is 2.40. The van der Waals surface area contributed by atoms with Crippen molar-refractivity contribution >= 4 is 21.5 Å². The fraction of sp³-hybridized carbons (Fsp3) is 0.421. The number of rotatable bonds is 4. The third-order valence-corrected chi connectivity index (χ3v) is 6.59. The second-order valence-corrected chi connectivity index (χ2v) is 8.52. The molecule has 1 aromatic heterocycles. The fourth-order valence-corrected chi connectivity index (χ4v) is 4.85. The molecule has 1 aromatic carbocycles. The summed E-state index contributed by atoms with van der Waals surface area (Å²) in [6.45, 7) is 4.68. The Balaban J connectivity index is 1.43. The van der Waals surface area contributed by atoms with Gasteiger partial charge in [0.1, 0.15) is 5.82 Å². The van der Waals surface area contributed by atoms with E-state index in [1.807, 2.05) is 12.1 Å². The lowest BCUT2D eigenvalue weighted by Crippen LogP contribution is -2.45. The molecule has 2 aliphatic rings. The number of anilines is 2. The monoisotopic (exact) mass is 389 g/mol. The van der Waals surface area contributed by atoms with E-state index in [2.05, 4.69) is 14.6 Å². The number of aromatic nitrogens is 1. The SMILES string of the molecule is Cc1ccccc1S(=O)(=O)Nc1ccc(N2CCC3(CC2)OCCO3)nc1. The smallest absolute Gasteiger partial charge is 0.262 e. The van der Waals surface area contributed by atoms with Gasteiger partial charge in [-0.25, -0.2) is 13.4 Å². The van der Waals surface area contributed by atoms with Gasteiger partial charge in [-0.05, 0) is 30.7 Å². The molecule has 2 fully saturated rings. The highest BCUT2D eigenvalue weighted by Crippen LogP contribution is 2.32. The average molecular weight is 389 g/mol. The molecule has 4 rings (SSSR count). The lowest BCUT2D eigenvalue weighted by molar-refractivity contribution is -0.169. The molecule has 144 valence electrons. The minimum absolute atomic E-state index is 0.270. The van der Waals surface area contributed by atoms with E-state index in [4.69, 9.17) is 9.47 Å². The Morgan fingerprint density at radius 1 is 1.07 bits per heavy atom. The molecular formula is C19H23N3O4S. The summed E-state index contributed by atoms with van der Waals surface area (Å²) in [4.78, 5) is 6.87. The van der Waals surface area contributed by atoms with E-state index < -0.39 is 15.8 Å². The first-order chi connectivity index (χ1) is 13.0. The maximum atomic E-state index is 12.6. The molecule has 0 amide bonds. The Morgan fingerprint density at radius 2 is 1.78 bits per heavy atom. The van der Waals surface area contributed by atoms with E-state index in [0.29, 0.717) is 24.5 Å². The van der Waals surface area contributed by atoms with Crippen LogP contribution in [0.2, 0.25) is 0 Å². The number of nitrogens with one attached hydrogen (secondary N) is 1. The maximum absolute atomic E-state index is 12.6. The van der Waals surface area contributed by atoms with Gasteiger partial charge in [0.25, 0.3) is 10.0 Å². The van der Waals surface area contributed by atoms with Crippen molar-refractivity contribution in [3.05, 3.63) is 48.2 Å². The molecule has 3 heterocycles. The molecule has 2 aliphatic heterocycles. The van der Waals surface area contributed by atoms with Gasteiger partial charge in [0.2, 0.25) is 0 Å². The molecule has 2 aromatic rings. The minimum atomic E-state index is -3.63. The molecule has 1 N–H and O–H groups in total. The number of benzene rings is 1. The van der Waals surface area contributed by atoms with Crippen molar-refractivity contribution in [2.75, 3.05) is 35.9 Å². The zero-order valence-electron chi connectivity index (χ0n) is 15.2. The lowest BCUT2D eigenvalue weighted by atomic mass is 10.0. The lowest BCUT2D eigenvalue weighted by Gasteiger charge is -2.38. The molecule has 8 heteroatoms. The number of pyridine rings is 1. The van der Waals surface area contributed by atoms with Crippen LogP contribution >= 0.6 is 0 Å². The van der Waals surface area contributed by atoms with Crippen LogP contribution in [0.5, 0.6) is 0 Å². The van der Waals surface area contributed by atoms with Crippen molar-refractivity contribution in [1.29, 1.82) is 0 Å². The van der Waals surface area contributed by atoms with Crippen molar-refractivity contribution < 1.29 is 17.9 Å². The Morgan fingerprint density at radius 3 is 2.41 bits per heavy atom. The number of aryl methyl sites for hydroxylation is 1. The Hall–Kier alpha value is -2.16. The van der Waals surface area contributed by atoms with E-state index in [-0.39, 0.29) is 4.90 Å². The summed E-state index contributed by atoms with van der Waals surface area (Å²) in [6, 6.07) is 10.5. The average Bonchev–Trinajstić information content (AvgIpc) is 3.11. The molecule has 27 heavy (non-hydrogen) atoms. The van der Waals surface area contributed by atoms with Gasteiger partial charge in [-0.3, -0.25) is 4.72 Å². The van der Waals surface area contributed by atoms with Crippen LogP contribution in [0.4, 0.5) is 11.5 Å². The number of hydrogen-bond acceptors (Lipinski definition) is 6. The van der Waals surface area contributed by atoms with Crippen LogP contribution in [0, 0.1) is 6.92 Å². The van der Waals surface area contributed by atoms with E-state index in [1.54, 1.807) is 37.4 Å². The second kappa shape index (κ2) is 7.10. The van der Waals surface area contributed by atoms with E-state index in [1.165, 1.54) is 0 Å². The Bertz CT molecular complexity index is 899. The summed E-state index contributed by atoms with van der Waals surface area (Å²) >= 11 is 0. The molecule has 0 unspecified atom stereocenters. The van der Waals surface area contributed by atoms with E-state index >= 15 is 0 Å². The van der Waals surface area contributed by atoms with Gasteiger partial charge in [0.05, 0.1) is 30.0 Å². The summed E-state index contributed by atoms with van der Waals surface area (Å²) in [6.07, 6.45) is 3.16. The summed E-state index contributed by atoms with van der Waals surface area (Å²) in [7, 11) is -3.63. The minimum Gasteiger partial charge on any atom is -0.356 e. The van der Waals surface area contributed by atoms with Crippen LogP contribution in [-0.2, 0) is 19.5 Å². The first kappa shape index (κ1) is 18.2. The Kier molecular flexibility index (Phi) is 4.79. The second-order valence-electron chi connectivity index (χ2n) is 6.87. The number of piperidine rings is 1. The predicted octanol–water partition coefficient (Wildman–Crippen LogP) is 2.53. The molecular weight excluding hydrogens is 366 g/mol. The van der Waals surface area contributed by atoms with Crippen LogP contribution in [0.25, 0.3) is 0 Å². The number of ether oxygens (including phenoxy) is 2. The quantitative estimate of drug-likeness (QED) is 0.866. The number of nitrogens with zero attached hydrogens (tertiary/aromatic N) is 2. The molecule has 0 radical (unpaired) electrons. The molecule has 0 bridgehead atoms. The first-order valence-corrected chi connectivity index (χ1v) is 10.5. The van der Waals surface area contributed by atoms with Crippen LogP contribution in [0.3, 0.4) is 0 Å². The topological polar surface area (TPSA) is 80.8 Å². The molecule has 2 saturated heterocycles. The normalized spacial score (nSPS) is 19.4. The van der Waals surface area contributed by atoms with Crippen molar-refractivity contribution in [3.8, 4) is 0 Å². The number of hydrogen-bond donors (Lipinski definition) is 1. The van der Waals surface area contributed by atoms with Gasteiger partial charge in [-0.15, -0.1) is 0 Å². The first-order valence-electron chi connectivity index (χ1n) is 9.05. The summed E-state index contributed by atoms with van der Waals surface area (Å²) in [5.41, 5.74) is 1.14. The van der Waals surface area contributed by atoms with Crippen LogP contribution < -0.4 is 9.62 Å². The molecule has 7 nitrogen and oxygen atoms in total. The van der Waals surface area contributed by atoms with Crippen molar-refractivity contribution in [2.24, 2.45) is 0 Å². The highest BCUT2D eigenvalue weighted by molar-refractivity contribution is 7.92. The molecule has 0 saturated carbocycles. The largest absolute Gasteiger partial charge is 0.356 e. The fourth-order valence-electron chi connectivity index (χ4n) is 3.56. The third-order valence-electron chi connectivity index (χ3n) is 5.05. The van der Waals surface area contributed by atoms with Gasteiger partial charge in [0.15, 0.2) is 5.79 Å².